The Morgan fingerprint density at radius 1 is 1.44 bits per heavy atom. The molecule has 5 heteroatoms. The van der Waals surface area contributed by atoms with Gasteiger partial charge in [0, 0.05) is 19.6 Å². The van der Waals surface area contributed by atoms with Crippen LogP contribution >= 0.6 is 0 Å². The summed E-state index contributed by atoms with van der Waals surface area (Å²) in [7, 11) is 0. The van der Waals surface area contributed by atoms with Gasteiger partial charge in [0.25, 0.3) is 0 Å². The number of hydrogen-bond donors (Lipinski definition) is 1. The minimum atomic E-state index is -0.396. The van der Waals surface area contributed by atoms with Crippen LogP contribution in [0.15, 0.2) is 12.4 Å². The SMILES string of the molecule is CCCOC1C(O)CC1Oc1cnn(CCC)c1. The molecule has 1 aromatic rings. The van der Waals surface area contributed by atoms with Crippen molar-refractivity contribution in [2.24, 2.45) is 0 Å². The summed E-state index contributed by atoms with van der Waals surface area (Å²) in [6.07, 6.45) is 5.60. The molecule has 0 radical (unpaired) electrons. The smallest absolute Gasteiger partial charge is 0.157 e. The lowest BCUT2D eigenvalue weighted by Crippen LogP contribution is -2.55. The van der Waals surface area contributed by atoms with Crippen LogP contribution in [0.4, 0.5) is 0 Å². The van der Waals surface area contributed by atoms with Crippen molar-refractivity contribution < 1.29 is 14.6 Å². The van der Waals surface area contributed by atoms with E-state index < -0.39 is 6.10 Å². The van der Waals surface area contributed by atoms with Crippen molar-refractivity contribution in [3.05, 3.63) is 12.4 Å². The average Bonchev–Trinajstić information content (AvgIpc) is 2.77. The quantitative estimate of drug-likeness (QED) is 0.803. The van der Waals surface area contributed by atoms with E-state index in [0.29, 0.717) is 13.0 Å². The summed E-state index contributed by atoms with van der Waals surface area (Å²) in [5.74, 6) is 0.755. The van der Waals surface area contributed by atoms with E-state index in [1.807, 2.05) is 10.9 Å². The summed E-state index contributed by atoms with van der Waals surface area (Å²) in [5.41, 5.74) is 0. The molecule has 1 N–H and O–H groups in total. The Labute approximate surface area is 108 Å². The summed E-state index contributed by atoms with van der Waals surface area (Å²) >= 11 is 0. The van der Waals surface area contributed by atoms with Crippen LogP contribution in [0.3, 0.4) is 0 Å². The van der Waals surface area contributed by atoms with E-state index in [-0.39, 0.29) is 12.2 Å². The highest BCUT2D eigenvalue weighted by Crippen LogP contribution is 2.29. The van der Waals surface area contributed by atoms with Crippen molar-refractivity contribution in [2.75, 3.05) is 6.61 Å². The van der Waals surface area contributed by atoms with E-state index in [0.717, 1.165) is 25.1 Å². The first kappa shape index (κ1) is 13.4. The van der Waals surface area contributed by atoms with E-state index in [9.17, 15) is 5.11 Å². The van der Waals surface area contributed by atoms with E-state index >= 15 is 0 Å². The predicted octanol–water partition coefficient (Wildman–Crippen LogP) is 1.60. The number of aliphatic hydroxyl groups excluding tert-OH is 1. The molecule has 1 aromatic heterocycles. The number of ether oxygens (including phenoxy) is 2. The minimum absolute atomic E-state index is 0.0502. The number of aryl methyl sites for hydroxylation is 1. The van der Waals surface area contributed by atoms with Gasteiger partial charge in [-0.1, -0.05) is 13.8 Å². The van der Waals surface area contributed by atoms with Crippen molar-refractivity contribution in [3.8, 4) is 5.75 Å². The van der Waals surface area contributed by atoms with Crippen molar-refractivity contribution in [1.29, 1.82) is 0 Å². The molecule has 1 heterocycles. The second kappa shape index (κ2) is 6.20. The maximum Gasteiger partial charge on any atom is 0.157 e. The molecule has 0 aliphatic heterocycles. The Kier molecular flexibility index (Phi) is 4.60. The Morgan fingerprint density at radius 2 is 2.28 bits per heavy atom. The van der Waals surface area contributed by atoms with Gasteiger partial charge in [-0.2, -0.15) is 5.10 Å². The monoisotopic (exact) mass is 254 g/mol. The number of rotatable bonds is 7. The molecule has 3 unspecified atom stereocenters. The second-order valence-electron chi connectivity index (χ2n) is 4.73. The zero-order valence-corrected chi connectivity index (χ0v) is 11.1. The van der Waals surface area contributed by atoms with Gasteiger partial charge in [0.15, 0.2) is 5.75 Å². The molecule has 0 amide bonds. The molecule has 0 saturated heterocycles. The molecular weight excluding hydrogens is 232 g/mol. The normalized spacial score (nSPS) is 26.9. The van der Waals surface area contributed by atoms with Crippen LogP contribution in [-0.2, 0) is 11.3 Å². The third-order valence-electron chi connectivity index (χ3n) is 3.08. The maximum absolute atomic E-state index is 9.65. The predicted molar refractivity (Wildman–Crippen MR) is 67.6 cm³/mol. The Morgan fingerprint density at radius 3 is 2.94 bits per heavy atom. The topological polar surface area (TPSA) is 56.5 Å². The first-order chi connectivity index (χ1) is 8.74. The van der Waals surface area contributed by atoms with Crippen LogP contribution in [-0.4, -0.2) is 39.8 Å². The van der Waals surface area contributed by atoms with Gasteiger partial charge in [-0.05, 0) is 12.8 Å². The lowest BCUT2D eigenvalue weighted by Gasteiger charge is -2.40. The number of hydrogen-bond acceptors (Lipinski definition) is 4. The first-order valence-corrected chi connectivity index (χ1v) is 6.73. The minimum Gasteiger partial charge on any atom is -0.484 e. The third kappa shape index (κ3) is 3.03. The van der Waals surface area contributed by atoms with Gasteiger partial charge in [0.2, 0.25) is 0 Å². The van der Waals surface area contributed by atoms with Crippen molar-refractivity contribution in [2.45, 2.75) is 58.0 Å². The van der Waals surface area contributed by atoms with Gasteiger partial charge in [-0.25, -0.2) is 0 Å². The molecule has 0 spiro atoms. The van der Waals surface area contributed by atoms with Crippen molar-refractivity contribution in [1.82, 2.24) is 9.78 Å². The molecule has 18 heavy (non-hydrogen) atoms. The summed E-state index contributed by atoms with van der Waals surface area (Å²) in [6.45, 7) is 5.72. The fourth-order valence-electron chi connectivity index (χ4n) is 2.08. The molecule has 2 rings (SSSR count). The maximum atomic E-state index is 9.65. The van der Waals surface area contributed by atoms with Gasteiger partial charge < -0.3 is 14.6 Å². The third-order valence-corrected chi connectivity index (χ3v) is 3.08. The molecule has 5 nitrogen and oxygen atoms in total. The van der Waals surface area contributed by atoms with Gasteiger partial charge in [-0.15, -0.1) is 0 Å². The Hall–Kier alpha value is -1.07. The Bertz CT molecular complexity index is 367. The van der Waals surface area contributed by atoms with Crippen LogP contribution in [0.2, 0.25) is 0 Å². The molecule has 3 atom stereocenters. The van der Waals surface area contributed by atoms with E-state index in [1.165, 1.54) is 0 Å². The van der Waals surface area contributed by atoms with Crippen molar-refractivity contribution in [3.63, 3.8) is 0 Å². The van der Waals surface area contributed by atoms with Gasteiger partial charge >= 0.3 is 0 Å². The summed E-state index contributed by atoms with van der Waals surface area (Å²) in [4.78, 5) is 0. The number of aliphatic hydroxyl groups is 1. The lowest BCUT2D eigenvalue weighted by atomic mass is 9.88. The molecule has 1 aliphatic carbocycles. The molecule has 1 aliphatic rings. The zero-order chi connectivity index (χ0) is 13.0. The summed E-state index contributed by atoms with van der Waals surface area (Å²) in [5, 5.41) is 13.9. The summed E-state index contributed by atoms with van der Waals surface area (Å²) in [6, 6.07) is 0. The average molecular weight is 254 g/mol. The van der Waals surface area contributed by atoms with E-state index in [4.69, 9.17) is 9.47 Å². The highest BCUT2D eigenvalue weighted by Gasteiger charge is 2.42. The number of aromatic nitrogens is 2. The standard InChI is InChI=1S/C13H22N2O3/c1-3-5-15-9-10(8-14-15)18-12-7-11(16)13(12)17-6-4-2/h8-9,11-13,16H,3-7H2,1-2H3. The van der Waals surface area contributed by atoms with E-state index in [1.54, 1.807) is 6.20 Å². The van der Waals surface area contributed by atoms with Crippen LogP contribution in [0.5, 0.6) is 5.75 Å². The van der Waals surface area contributed by atoms with Crippen LogP contribution in [0.1, 0.15) is 33.1 Å². The molecule has 0 bridgehead atoms. The molecule has 0 aromatic carbocycles. The lowest BCUT2D eigenvalue weighted by molar-refractivity contribution is -0.162. The molecule has 102 valence electrons. The molecule has 1 saturated carbocycles. The fourth-order valence-corrected chi connectivity index (χ4v) is 2.08. The molecule has 1 fully saturated rings. The zero-order valence-electron chi connectivity index (χ0n) is 11.1. The van der Waals surface area contributed by atoms with Crippen LogP contribution in [0, 0.1) is 0 Å². The van der Waals surface area contributed by atoms with E-state index in [2.05, 4.69) is 18.9 Å². The van der Waals surface area contributed by atoms with Crippen molar-refractivity contribution >= 4 is 0 Å². The Balaban J connectivity index is 1.84. The fraction of sp³-hybridized carbons (Fsp3) is 0.769. The summed E-state index contributed by atoms with van der Waals surface area (Å²) < 4.78 is 13.2. The first-order valence-electron chi connectivity index (χ1n) is 6.73. The highest BCUT2D eigenvalue weighted by atomic mass is 16.6. The van der Waals surface area contributed by atoms with Crippen LogP contribution < -0.4 is 4.74 Å². The van der Waals surface area contributed by atoms with Crippen LogP contribution in [0.25, 0.3) is 0 Å². The van der Waals surface area contributed by atoms with Gasteiger partial charge in [0.05, 0.1) is 18.5 Å². The van der Waals surface area contributed by atoms with Gasteiger partial charge in [0.1, 0.15) is 12.2 Å². The largest absolute Gasteiger partial charge is 0.484 e. The second-order valence-corrected chi connectivity index (χ2v) is 4.73. The van der Waals surface area contributed by atoms with Gasteiger partial charge in [-0.3, -0.25) is 4.68 Å². The molecular formula is C13H22N2O3. The number of nitrogens with zero attached hydrogens (tertiary/aromatic N) is 2. The highest BCUT2D eigenvalue weighted by molar-refractivity contribution is 5.14.